The number of ether oxygens (including phenoxy) is 1. The molecule has 1 unspecified atom stereocenters. The summed E-state index contributed by atoms with van der Waals surface area (Å²) >= 11 is 0. The highest BCUT2D eigenvalue weighted by Gasteiger charge is 2.29. The Morgan fingerprint density at radius 2 is 2.07 bits per heavy atom. The minimum absolute atomic E-state index is 0.165. The number of aliphatic hydroxyl groups is 1. The molecule has 1 fully saturated rings. The lowest BCUT2D eigenvalue weighted by atomic mass is 10.0. The molecule has 0 spiro atoms. The standard InChI is InChI=1S/C10H20N2O3/c1-10(2,3)15-9(14)12-5-7(11)4-8(13)6-12/h7-8,13H,4-6,11H2,1-3H3/t7-,8?/m1/s1. The molecule has 1 aliphatic heterocycles. The molecule has 1 saturated heterocycles. The molecule has 0 aromatic rings. The molecule has 0 aliphatic carbocycles. The number of piperidine rings is 1. The molecule has 3 N–H and O–H groups in total. The predicted octanol–water partition coefficient (Wildman–Crippen LogP) is 0.315. The van der Waals surface area contributed by atoms with Crippen molar-refractivity contribution in [3.63, 3.8) is 0 Å². The monoisotopic (exact) mass is 216 g/mol. The Hall–Kier alpha value is -0.810. The molecular formula is C10H20N2O3. The first-order valence-corrected chi connectivity index (χ1v) is 5.19. The fourth-order valence-corrected chi connectivity index (χ4v) is 1.59. The summed E-state index contributed by atoms with van der Waals surface area (Å²) in [5.41, 5.74) is 5.20. The zero-order chi connectivity index (χ0) is 11.6. The maximum Gasteiger partial charge on any atom is 0.410 e. The van der Waals surface area contributed by atoms with Gasteiger partial charge in [-0.15, -0.1) is 0 Å². The predicted molar refractivity (Wildman–Crippen MR) is 56.4 cm³/mol. The second kappa shape index (κ2) is 4.37. The van der Waals surface area contributed by atoms with Crippen LogP contribution in [0.25, 0.3) is 0 Å². The smallest absolute Gasteiger partial charge is 0.410 e. The molecule has 5 nitrogen and oxygen atoms in total. The number of aliphatic hydroxyl groups excluding tert-OH is 1. The lowest BCUT2D eigenvalue weighted by molar-refractivity contribution is 0.000482. The molecular weight excluding hydrogens is 196 g/mol. The maximum absolute atomic E-state index is 11.6. The fraction of sp³-hybridized carbons (Fsp3) is 0.900. The molecule has 0 bridgehead atoms. The van der Waals surface area contributed by atoms with Crippen molar-refractivity contribution in [2.45, 2.75) is 44.9 Å². The van der Waals surface area contributed by atoms with E-state index in [0.29, 0.717) is 19.5 Å². The highest BCUT2D eigenvalue weighted by molar-refractivity contribution is 5.68. The molecule has 88 valence electrons. The van der Waals surface area contributed by atoms with Crippen molar-refractivity contribution in [1.82, 2.24) is 4.90 Å². The van der Waals surface area contributed by atoms with Gasteiger partial charge in [0.2, 0.25) is 0 Å². The van der Waals surface area contributed by atoms with E-state index in [1.54, 1.807) is 0 Å². The Kier molecular flexibility index (Phi) is 3.57. The van der Waals surface area contributed by atoms with Gasteiger partial charge in [0, 0.05) is 12.6 Å². The van der Waals surface area contributed by atoms with Crippen molar-refractivity contribution in [2.75, 3.05) is 13.1 Å². The van der Waals surface area contributed by atoms with E-state index in [4.69, 9.17) is 10.5 Å². The van der Waals surface area contributed by atoms with Gasteiger partial charge in [-0.1, -0.05) is 0 Å². The minimum Gasteiger partial charge on any atom is -0.444 e. The quantitative estimate of drug-likeness (QED) is 0.611. The Morgan fingerprint density at radius 3 is 2.53 bits per heavy atom. The molecule has 2 atom stereocenters. The summed E-state index contributed by atoms with van der Waals surface area (Å²) in [4.78, 5) is 13.1. The topological polar surface area (TPSA) is 75.8 Å². The molecule has 1 heterocycles. The molecule has 0 radical (unpaired) electrons. The Morgan fingerprint density at radius 1 is 1.47 bits per heavy atom. The Labute approximate surface area is 90.2 Å². The number of likely N-dealkylation sites (tertiary alicyclic amines) is 1. The number of rotatable bonds is 0. The summed E-state index contributed by atoms with van der Waals surface area (Å²) < 4.78 is 5.19. The Bertz CT molecular complexity index is 227. The van der Waals surface area contributed by atoms with E-state index in [9.17, 15) is 9.90 Å². The molecule has 15 heavy (non-hydrogen) atoms. The zero-order valence-electron chi connectivity index (χ0n) is 9.56. The van der Waals surface area contributed by atoms with E-state index >= 15 is 0 Å². The molecule has 5 heteroatoms. The van der Waals surface area contributed by atoms with Crippen LogP contribution >= 0.6 is 0 Å². The van der Waals surface area contributed by atoms with Crippen LogP contribution in [0.1, 0.15) is 27.2 Å². The number of hydrogen-bond donors (Lipinski definition) is 2. The van der Waals surface area contributed by atoms with Crippen LogP contribution in [0.4, 0.5) is 4.79 Å². The second-order valence-electron chi connectivity index (χ2n) is 5.03. The van der Waals surface area contributed by atoms with Gasteiger partial charge >= 0.3 is 6.09 Å². The number of amides is 1. The van der Waals surface area contributed by atoms with Gasteiger partial charge in [0.15, 0.2) is 0 Å². The summed E-state index contributed by atoms with van der Waals surface area (Å²) in [5.74, 6) is 0. The van der Waals surface area contributed by atoms with E-state index < -0.39 is 17.8 Å². The van der Waals surface area contributed by atoms with Crippen molar-refractivity contribution in [2.24, 2.45) is 5.73 Å². The van der Waals surface area contributed by atoms with Crippen LogP contribution in [0.3, 0.4) is 0 Å². The third-order valence-electron chi connectivity index (χ3n) is 2.11. The first-order valence-electron chi connectivity index (χ1n) is 5.19. The van der Waals surface area contributed by atoms with Gasteiger partial charge in [0.1, 0.15) is 5.60 Å². The fourth-order valence-electron chi connectivity index (χ4n) is 1.59. The maximum atomic E-state index is 11.6. The third kappa shape index (κ3) is 4.05. The molecule has 1 rings (SSSR count). The van der Waals surface area contributed by atoms with Crippen LogP contribution in [0.5, 0.6) is 0 Å². The lowest BCUT2D eigenvalue weighted by Gasteiger charge is -2.35. The number of β-amino-alcohol motifs (C(OH)–C–C–N with tert-alkyl or cyclic N) is 1. The van der Waals surface area contributed by atoms with E-state index in [2.05, 4.69) is 0 Å². The van der Waals surface area contributed by atoms with Gasteiger partial charge in [0.25, 0.3) is 0 Å². The molecule has 0 aromatic carbocycles. The largest absolute Gasteiger partial charge is 0.444 e. The highest BCUT2D eigenvalue weighted by atomic mass is 16.6. The van der Waals surface area contributed by atoms with Gasteiger partial charge in [-0.25, -0.2) is 4.79 Å². The van der Waals surface area contributed by atoms with E-state index in [0.717, 1.165) is 0 Å². The highest BCUT2D eigenvalue weighted by Crippen LogP contribution is 2.14. The first-order chi connectivity index (χ1) is 6.78. The lowest BCUT2D eigenvalue weighted by Crippen LogP contribution is -2.52. The van der Waals surface area contributed by atoms with Crippen LogP contribution in [0.15, 0.2) is 0 Å². The van der Waals surface area contributed by atoms with Crippen LogP contribution in [0, 0.1) is 0 Å². The van der Waals surface area contributed by atoms with Gasteiger partial charge in [0.05, 0.1) is 12.6 Å². The molecule has 0 saturated carbocycles. The minimum atomic E-state index is -0.540. The van der Waals surface area contributed by atoms with Crippen molar-refractivity contribution in [3.05, 3.63) is 0 Å². The first kappa shape index (κ1) is 12.3. The van der Waals surface area contributed by atoms with E-state index in [-0.39, 0.29) is 6.04 Å². The number of nitrogens with two attached hydrogens (primary N) is 1. The van der Waals surface area contributed by atoms with Crippen molar-refractivity contribution in [3.8, 4) is 0 Å². The van der Waals surface area contributed by atoms with Crippen LogP contribution in [0.2, 0.25) is 0 Å². The Balaban J connectivity index is 2.52. The van der Waals surface area contributed by atoms with E-state index in [1.807, 2.05) is 20.8 Å². The number of carbonyl (C=O) groups excluding carboxylic acids is 1. The summed E-state index contributed by atoms with van der Waals surface area (Å²) in [5, 5.41) is 9.47. The summed E-state index contributed by atoms with van der Waals surface area (Å²) in [7, 11) is 0. The van der Waals surface area contributed by atoms with Crippen LogP contribution in [-0.2, 0) is 4.74 Å². The summed E-state index contributed by atoms with van der Waals surface area (Å²) in [6, 6.07) is -0.165. The average molecular weight is 216 g/mol. The normalized spacial score (nSPS) is 27.7. The number of carbonyl (C=O) groups is 1. The van der Waals surface area contributed by atoms with Gasteiger partial charge in [-0.3, -0.25) is 0 Å². The van der Waals surface area contributed by atoms with Crippen LogP contribution < -0.4 is 5.73 Å². The molecule has 1 aliphatic rings. The zero-order valence-corrected chi connectivity index (χ0v) is 9.56. The van der Waals surface area contributed by atoms with Crippen molar-refractivity contribution < 1.29 is 14.6 Å². The van der Waals surface area contributed by atoms with Crippen molar-refractivity contribution in [1.29, 1.82) is 0 Å². The third-order valence-corrected chi connectivity index (χ3v) is 2.11. The van der Waals surface area contributed by atoms with Gasteiger partial charge in [-0.2, -0.15) is 0 Å². The van der Waals surface area contributed by atoms with Gasteiger partial charge < -0.3 is 20.5 Å². The number of nitrogens with zero attached hydrogens (tertiary/aromatic N) is 1. The molecule has 1 amide bonds. The average Bonchev–Trinajstić information content (AvgIpc) is 1.98. The van der Waals surface area contributed by atoms with Gasteiger partial charge in [-0.05, 0) is 27.2 Å². The molecule has 0 aromatic heterocycles. The SMILES string of the molecule is CC(C)(C)OC(=O)N1CC(O)C[C@@H](N)C1. The summed E-state index contributed by atoms with van der Waals surface area (Å²) in [6.45, 7) is 6.19. The number of hydrogen-bond acceptors (Lipinski definition) is 4. The second-order valence-corrected chi connectivity index (χ2v) is 5.03. The van der Waals surface area contributed by atoms with E-state index in [1.165, 1.54) is 4.90 Å². The summed E-state index contributed by atoms with van der Waals surface area (Å²) in [6.07, 6.45) is -0.405. The van der Waals surface area contributed by atoms with Crippen LogP contribution in [-0.4, -0.2) is 46.9 Å². The van der Waals surface area contributed by atoms with Crippen molar-refractivity contribution >= 4 is 6.09 Å².